The summed E-state index contributed by atoms with van der Waals surface area (Å²) in [6, 6.07) is 14.4. The number of fused-ring (bicyclic) bond motifs is 1. The highest BCUT2D eigenvalue weighted by Crippen LogP contribution is 2.32. The molecule has 2 aromatic carbocycles. The third-order valence-electron chi connectivity index (χ3n) is 3.66. The van der Waals surface area contributed by atoms with Crippen molar-refractivity contribution < 1.29 is 9.47 Å². The summed E-state index contributed by atoms with van der Waals surface area (Å²) >= 11 is 0. The first-order chi connectivity index (χ1) is 10.8. The number of nitrogens with one attached hydrogen (secondary N) is 1. The minimum absolute atomic E-state index is 0.531. The number of hydrogen-bond acceptors (Lipinski definition) is 3. The Bertz CT molecular complexity index is 750. The van der Waals surface area contributed by atoms with E-state index in [2.05, 4.69) is 23.2 Å². The van der Waals surface area contributed by atoms with Gasteiger partial charge in [-0.1, -0.05) is 30.3 Å². The van der Waals surface area contributed by atoms with Crippen molar-refractivity contribution in [2.45, 2.75) is 6.61 Å². The Morgan fingerprint density at radius 3 is 2.68 bits per heavy atom. The molecular weight excluding hydrogens is 276 g/mol. The van der Waals surface area contributed by atoms with Crippen molar-refractivity contribution in [2.24, 2.45) is 0 Å². The minimum Gasteiger partial charge on any atom is -0.397 e. The van der Waals surface area contributed by atoms with Crippen LogP contribution in [-0.2, 0) is 16.1 Å². The molecule has 0 atom stereocenters. The van der Waals surface area contributed by atoms with Gasteiger partial charge < -0.3 is 20.2 Å². The van der Waals surface area contributed by atoms with Gasteiger partial charge in [-0.3, -0.25) is 0 Å². The van der Waals surface area contributed by atoms with Gasteiger partial charge in [0, 0.05) is 24.3 Å². The highest BCUT2D eigenvalue weighted by Gasteiger charge is 2.10. The molecule has 3 aromatic rings. The molecule has 0 aliphatic heterocycles. The summed E-state index contributed by atoms with van der Waals surface area (Å²) in [4.78, 5) is 3.27. The van der Waals surface area contributed by atoms with Crippen molar-refractivity contribution in [3.8, 4) is 11.1 Å². The fourth-order valence-corrected chi connectivity index (χ4v) is 2.59. The molecule has 0 radical (unpaired) electrons. The molecule has 0 bridgehead atoms. The molecule has 0 fully saturated rings. The third kappa shape index (κ3) is 2.98. The van der Waals surface area contributed by atoms with Crippen LogP contribution >= 0.6 is 0 Å². The van der Waals surface area contributed by atoms with Crippen LogP contribution in [0.15, 0.2) is 48.7 Å². The molecule has 0 unspecified atom stereocenters. The summed E-state index contributed by atoms with van der Waals surface area (Å²) in [5, 5.41) is 1.12. The lowest BCUT2D eigenvalue weighted by molar-refractivity contribution is 0.0617. The van der Waals surface area contributed by atoms with E-state index < -0.39 is 0 Å². The second-order valence-electron chi connectivity index (χ2n) is 5.22. The highest BCUT2D eigenvalue weighted by atomic mass is 16.5. The van der Waals surface area contributed by atoms with E-state index in [-0.39, 0.29) is 0 Å². The van der Waals surface area contributed by atoms with Crippen LogP contribution in [0.25, 0.3) is 22.0 Å². The molecule has 0 saturated carbocycles. The molecule has 0 aliphatic carbocycles. The van der Waals surface area contributed by atoms with Gasteiger partial charge >= 0.3 is 0 Å². The fourth-order valence-electron chi connectivity index (χ4n) is 2.59. The van der Waals surface area contributed by atoms with Crippen molar-refractivity contribution in [2.75, 3.05) is 26.1 Å². The first-order valence-corrected chi connectivity index (χ1v) is 7.31. The Labute approximate surface area is 129 Å². The van der Waals surface area contributed by atoms with Crippen LogP contribution in [0.2, 0.25) is 0 Å². The number of aromatic amines is 1. The fraction of sp³-hybridized carbons (Fsp3) is 0.222. The molecule has 114 valence electrons. The van der Waals surface area contributed by atoms with Crippen LogP contribution in [0, 0.1) is 0 Å². The lowest BCUT2D eigenvalue weighted by Crippen LogP contribution is -2.02. The zero-order chi connectivity index (χ0) is 15.4. The summed E-state index contributed by atoms with van der Waals surface area (Å²) in [6.45, 7) is 1.70. The number of aromatic nitrogens is 1. The zero-order valence-electron chi connectivity index (χ0n) is 12.6. The van der Waals surface area contributed by atoms with Crippen molar-refractivity contribution in [1.82, 2.24) is 4.98 Å². The molecular formula is C18H20N2O2. The lowest BCUT2D eigenvalue weighted by atomic mass is 10.0. The summed E-state index contributed by atoms with van der Waals surface area (Å²) in [5.41, 5.74) is 11.3. The SMILES string of the molecule is COCCOCc1cc(N)c2[nH]cc(-c3ccccc3)c2c1. The smallest absolute Gasteiger partial charge is 0.0719 e. The maximum Gasteiger partial charge on any atom is 0.0719 e. The van der Waals surface area contributed by atoms with E-state index in [9.17, 15) is 0 Å². The third-order valence-corrected chi connectivity index (χ3v) is 3.66. The van der Waals surface area contributed by atoms with E-state index in [0.717, 1.165) is 27.7 Å². The molecule has 0 aliphatic rings. The first kappa shape index (κ1) is 14.6. The van der Waals surface area contributed by atoms with Gasteiger partial charge in [0.1, 0.15) is 0 Å². The number of anilines is 1. The number of benzene rings is 2. The Morgan fingerprint density at radius 1 is 1.09 bits per heavy atom. The van der Waals surface area contributed by atoms with E-state index in [1.54, 1.807) is 7.11 Å². The average Bonchev–Trinajstić information content (AvgIpc) is 2.97. The van der Waals surface area contributed by atoms with E-state index in [1.807, 2.05) is 30.5 Å². The van der Waals surface area contributed by atoms with Gasteiger partial charge in [0.2, 0.25) is 0 Å². The van der Waals surface area contributed by atoms with Crippen LogP contribution < -0.4 is 5.73 Å². The monoisotopic (exact) mass is 296 g/mol. The normalized spacial score (nSPS) is 11.1. The van der Waals surface area contributed by atoms with E-state index in [4.69, 9.17) is 15.2 Å². The van der Waals surface area contributed by atoms with Gasteiger partial charge in [0.15, 0.2) is 0 Å². The quantitative estimate of drug-likeness (QED) is 0.540. The van der Waals surface area contributed by atoms with Crippen LogP contribution in [0.3, 0.4) is 0 Å². The van der Waals surface area contributed by atoms with E-state index in [0.29, 0.717) is 19.8 Å². The van der Waals surface area contributed by atoms with Crippen LogP contribution in [0.1, 0.15) is 5.56 Å². The Kier molecular flexibility index (Phi) is 4.42. The van der Waals surface area contributed by atoms with Gasteiger partial charge in [-0.2, -0.15) is 0 Å². The number of nitrogen functional groups attached to an aromatic ring is 1. The number of ether oxygens (including phenoxy) is 2. The van der Waals surface area contributed by atoms with Gasteiger partial charge in [-0.05, 0) is 23.3 Å². The Morgan fingerprint density at radius 2 is 1.91 bits per heavy atom. The number of methoxy groups -OCH3 is 1. The van der Waals surface area contributed by atoms with Crippen LogP contribution in [-0.4, -0.2) is 25.3 Å². The Balaban J connectivity index is 1.93. The zero-order valence-corrected chi connectivity index (χ0v) is 12.6. The molecule has 1 heterocycles. The molecule has 22 heavy (non-hydrogen) atoms. The van der Waals surface area contributed by atoms with Gasteiger partial charge in [0.05, 0.1) is 31.0 Å². The predicted octanol–water partition coefficient (Wildman–Crippen LogP) is 3.58. The summed E-state index contributed by atoms with van der Waals surface area (Å²) in [7, 11) is 1.67. The standard InChI is InChI=1S/C18H20N2O2/c1-21-7-8-22-12-13-9-15-16(14-5-3-2-4-6-14)11-20-18(15)17(19)10-13/h2-6,9-11,20H,7-8,12,19H2,1H3. The average molecular weight is 296 g/mol. The van der Waals surface area contributed by atoms with Crippen molar-refractivity contribution in [3.63, 3.8) is 0 Å². The second-order valence-corrected chi connectivity index (χ2v) is 5.22. The summed E-state index contributed by atoms with van der Waals surface area (Å²) < 4.78 is 10.6. The van der Waals surface area contributed by atoms with E-state index in [1.165, 1.54) is 5.56 Å². The molecule has 0 spiro atoms. The molecule has 0 amide bonds. The van der Waals surface area contributed by atoms with Crippen molar-refractivity contribution >= 4 is 16.6 Å². The topological polar surface area (TPSA) is 60.3 Å². The highest BCUT2D eigenvalue weighted by molar-refractivity contribution is 6.01. The number of H-pyrrole nitrogens is 1. The number of hydrogen-bond donors (Lipinski definition) is 2. The van der Waals surface area contributed by atoms with Crippen molar-refractivity contribution in [1.29, 1.82) is 0 Å². The molecule has 4 heteroatoms. The van der Waals surface area contributed by atoms with Gasteiger partial charge in [-0.25, -0.2) is 0 Å². The maximum atomic E-state index is 6.17. The summed E-state index contributed by atoms with van der Waals surface area (Å²) in [5.74, 6) is 0. The molecule has 0 saturated heterocycles. The molecule has 3 rings (SSSR count). The van der Waals surface area contributed by atoms with Crippen LogP contribution in [0.5, 0.6) is 0 Å². The van der Waals surface area contributed by atoms with Crippen molar-refractivity contribution in [3.05, 3.63) is 54.2 Å². The lowest BCUT2D eigenvalue weighted by Gasteiger charge is -2.07. The molecule has 1 aromatic heterocycles. The number of rotatable bonds is 6. The molecule has 3 N–H and O–H groups in total. The van der Waals surface area contributed by atoms with Crippen LogP contribution in [0.4, 0.5) is 5.69 Å². The largest absolute Gasteiger partial charge is 0.397 e. The van der Waals surface area contributed by atoms with Gasteiger partial charge in [-0.15, -0.1) is 0 Å². The molecule has 4 nitrogen and oxygen atoms in total. The second kappa shape index (κ2) is 6.64. The Hall–Kier alpha value is -2.30. The van der Waals surface area contributed by atoms with E-state index >= 15 is 0 Å². The predicted molar refractivity (Wildman–Crippen MR) is 89.7 cm³/mol. The number of nitrogens with two attached hydrogens (primary N) is 1. The maximum absolute atomic E-state index is 6.17. The first-order valence-electron chi connectivity index (χ1n) is 7.31. The summed E-state index contributed by atoms with van der Waals surface area (Å²) in [6.07, 6.45) is 2.01. The van der Waals surface area contributed by atoms with Gasteiger partial charge in [0.25, 0.3) is 0 Å². The minimum atomic E-state index is 0.531.